The van der Waals surface area contributed by atoms with Crippen molar-refractivity contribution < 1.29 is 0 Å². The Kier molecular flexibility index (Phi) is 2.60. The Bertz CT molecular complexity index is 736. The highest BCUT2D eigenvalue weighted by molar-refractivity contribution is 7.15. The van der Waals surface area contributed by atoms with Gasteiger partial charge in [0.25, 0.3) is 0 Å². The summed E-state index contributed by atoms with van der Waals surface area (Å²) in [6.45, 7) is 0. The number of hydrogen-bond acceptors (Lipinski definition) is 4. The number of thiophene rings is 1. The van der Waals surface area contributed by atoms with Crippen LogP contribution < -0.4 is 5.73 Å². The minimum atomic E-state index is 0.507. The third kappa shape index (κ3) is 1.74. The number of nitrogen functional groups attached to an aromatic ring is 1. The Morgan fingerprint density at radius 1 is 1.25 bits per heavy atom. The van der Waals surface area contributed by atoms with Crippen molar-refractivity contribution in [2.24, 2.45) is 0 Å². The normalized spacial score (nSPS) is 13.6. The van der Waals surface area contributed by atoms with Crippen molar-refractivity contribution >= 4 is 17.2 Å². The van der Waals surface area contributed by atoms with Crippen molar-refractivity contribution in [1.29, 1.82) is 0 Å². The molecule has 0 fully saturated rings. The van der Waals surface area contributed by atoms with Gasteiger partial charge >= 0.3 is 0 Å². The van der Waals surface area contributed by atoms with Gasteiger partial charge in [0.2, 0.25) is 0 Å². The van der Waals surface area contributed by atoms with Gasteiger partial charge in [-0.25, -0.2) is 0 Å². The standard InChI is InChI=1S/C15H14N4S/c16-15-13(10-5-1-2-7-17-10)14(18-19-15)12-8-9-4-3-6-11(9)20-12/h1-2,5,7-8H,3-4,6H2,(H3,16,18,19). The summed E-state index contributed by atoms with van der Waals surface area (Å²) >= 11 is 1.84. The lowest BCUT2D eigenvalue weighted by molar-refractivity contribution is 0.915. The number of pyridine rings is 1. The van der Waals surface area contributed by atoms with E-state index in [9.17, 15) is 0 Å². The van der Waals surface area contributed by atoms with Gasteiger partial charge in [-0.2, -0.15) is 5.10 Å². The number of fused-ring (bicyclic) bond motifs is 1. The first kappa shape index (κ1) is 11.7. The van der Waals surface area contributed by atoms with Crippen LogP contribution in [0.5, 0.6) is 0 Å². The van der Waals surface area contributed by atoms with E-state index in [-0.39, 0.29) is 0 Å². The number of aromatic amines is 1. The van der Waals surface area contributed by atoms with E-state index in [4.69, 9.17) is 5.73 Å². The molecule has 0 amide bonds. The zero-order valence-electron chi connectivity index (χ0n) is 10.9. The molecule has 3 N–H and O–H groups in total. The van der Waals surface area contributed by atoms with Crippen molar-refractivity contribution in [2.75, 3.05) is 5.73 Å². The van der Waals surface area contributed by atoms with Crippen LogP contribution in [0.1, 0.15) is 16.9 Å². The fraction of sp³-hybridized carbons (Fsp3) is 0.200. The molecule has 3 aromatic rings. The van der Waals surface area contributed by atoms with Gasteiger partial charge in [0.1, 0.15) is 0 Å². The number of aryl methyl sites for hydroxylation is 2. The van der Waals surface area contributed by atoms with Crippen LogP contribution in [-0.4, -0.2) is 15.2 Å². The van der Waals surface area contributed by atoms with E-state index in [2.05, 4.69) is 21.2 Å². The van der Waals surface area contributed by atoms with Crippen LogP contribution in [-0.2, 0) is 12.8 Å². The van der Waals surface area contributed by atoms with E-state index >= 15 is 0 Å². The Morgan fingerprint density at radius 3 is 3.00 bits per heavy atom. The Hall–Kier alpha value is -2.14. The third-order valence-corrected chi connectivity index (χ3v) is 4.96. The first-order valence-electron chi connectivity index (χ1n) is 6.70. The molecule has 0 saturated heterocycles. The summed E-state index contributed by atoms with van der Waals surface area (Å²) in [5.74, 6) is 0.507. The SMILES string of the molecule is Nc1n[nH]c(-c2cc3c(s2)CCC3)c1-c1ccccn1. The molecule has 3 heterocycles. The Labute approximate surface area is 120 Å². The predicted octanol–water partition coefficient (Wildman–Crippen LogP) is 3.27. The molecule has 0 atom stereocenters. The molecule has 1 aliphatic carbocycles. The van der Waals surface area contributed by atoms with Crippen molar-refractivity contribution in [2.45, 2.75) is 19.3 Å². The number of anilines is 1. The molecule has 20 heavy (non-hydrogen) atoms. The van der Waals surface area contributed by atoms with Gasteiger partial charge in [0, 0.05) is 11.1 Å². The number of nitrogens with zero attached hydrogens (tertiary/aromatic N) is 2. The lowest BCUT2D eigenvalue weighted by Crippen LogP contribution is -1.90. The van der Waals surface area contributed by atoms with Crippen LogP contribution in [0, 0.1) is 0 Å². The predicted molar refractivity (Wildman–Crippen MR) is 81.6 cm³/mol. The molecule has 3 aromatic heterocycles. The summed E-state index contributed by atoms with van der Waals surface area (Å²) in [4.78, 5) is 7.10. The number of nitrogens with two attached hydrogens (primary N) is 1. The molecule has 0 saturated carbocycles. The Morgan fingerprint density at radius 2 is 2.20 bits per heavy atom. The van der Waals surface area contributed by atoms with Crippen molar-refractivity contribution in [3.63, 3.8) is 0 Å². The van der Waals surface area contributed by atoms with E-state index in [1.165, 1.54) is 34.6 Å². The number of H-pyrrole nitrogens is 1. The maximum atomic E-state index is 6.02. The van der Waals surface area contributed by atoms with Crippen molar-refractivity contribution in [3.05, 3.63) is 40.9 Å². The highest BCUT2D eigenvalue weighted by Gasteiger charge is 2.21. The fourth-order valence-corrected chi connectivity index (χ4v) is 4.01. The number of hydrogen-bond donors (Lipinski definition) is 2. The summed E-state index contributed by atoms with van der Waals surface area (Å²) in [6.07, 6.45) is 5.44. The van der Waals surface area contributed by atoms with Crippen LogP contribution in [0.4, 0.5) is 5.82 Å². The van der Waals surface area contributed by atoms with Gasteiger partial charge in [0.05, 0.1) is 21.8 Å². The molecule has 100 valence electrons. The fourth-order valence-electron chi connectivity index (χ4n) is 2.76. The average Bonchev–Trinajstić information content (AvgIpc) is 3.12. The second kappa shape index (κ2) is 4.45. The monoisotopic (exact) mass is 282 g/mol. The molecule has 4 rings (SSSR count). The first-order valence-corrected chi connectivity index (χ1v) is 7.52. The largest absolute Gasteiger partial charge is 0.382 e. The molecule has 4 nitrogen and oxygen atoms in total. The van der Waals surface area contributed by atoms with Gasteiger partial charge in [0.15, 0.2) is 5.82 Å². The molecular formula is C15H14N4S. The van der Waals surface area contributed by atoms with E-state index < -0.39 is 0 Å². The van der Waals surface area contributed by atoms with Crippen LogP contribution in [0.15, 0.2) is 30.5 Å². The highest BCUT2D eigenvalue weighted by atomic mass is 32.1. The molecule has 0 unspecified atom stereocenters. The molecule has 0 spiro atoms. The van der Waals surface area contributed by atoms with Crippen LogP contribution in [0.25, 0.3) is 21.8 Å². The maximum absolute atomic E-state index is 6.02. The van der Waals surface area contributed by atoms with E-state index in [0.29, 0.717) is 5.82 Å². The van der Waals surface area contributed by atoms with Gasteiger partial charge in [-0.15, -0.1) is 11.3 Å². The van der Waals surface area contributed by atoms with Gasteiger partial charge in [-0.1, -0.05) is 6.07 Å². The highest BCUT2D eigenvalue weighted by Crippen LogP contribution is 2.40. The lowest BCUT2D eigenvalue weighted by Gasteiger charge is -2.01. The lowest BCUT2D eigenvalue weighted by atomic mass is 10.1. The molecular weight excluding hydrogens is 268 g/mol. The smallest absolute Gasteiger partial charge is 0.155 e. The maximum Gasteiger partial charge on any atom is 0.155 e. The number of rotatable bonds is 2. The molecule has 0 bridgehead atoms. The zero-order valence-corrected chi connectivity index (χ0v) is 11.7. The van der Waals surface area contributed by atoms with E-state index in [0.717, 1.165) is 17.0 Å². The topological polar surface area (TPSA) is 67.6 Å². The van der Waals surface area contributed by atoms with Crippen LogP contribution in [0.2, 0.25) is 0 Å². The molecule has 0 aliphatic heterocycles. The van der Waals surface area contributed by atoms with Gasteiger partial charge in [-0.3, -0.25) is 10.1 Å². The zero-order chi connectivity index (χ0) is 13.5. The van der Waals surface area contributed by atoms with Gasteiger partial charge in [-0.05, 0) is 43.0 Å². The Balaban J connectivity index is 1.87. The van der Waals surface area contributed by atoms with E-state index in [1.54, 1.807) is 6.20 Å². The van der Waals surface area contributed by atoms with Crippen molar-refractivity contribution in [1.82, 2.24) is 15.2 Å². The second-order valence-electron chi connectivity index (χ2n) is 4.99. The van der Waals surface area contributed by atoms with Crippen molar-refractivity contribution in [3.8, 4) is 21.8 Å². The quantitative estimate of drug-likeness (QED) is 0.758. The summed E-state index contributed by atoms with van der Waals surface area (Å²) in [5.41, 5.74) is 10.3. The summed E-state index contributed by atoms with van der Waals surface area (Å²) in [6, 6.07) is 8.10. The van der Waals surface area contributed by atoms with E-state index in [1.807, 2.05) is 29.5 Å². The van der Waals surface area contributed by atoms with Gasteiger partial charge < -0.3 is 5.73 Å². The number of aromatic nitrogens is 3. The molecule has 0 radical (unpaired) electrons. The minimum Gasteiger partial charge on any atom is -0.382 e. The molecule has 1 aliphatic rings. The summed E-state index contributed by atoms with van der Waals surface area (Å²) < 4.78 is 0. The van der Waals surface area contributed by atoms with Crippen LogP contribution >= 0.6 is 11.3 Å². The summed E-state index contributed by atoms with van der Waals surface area (Å²) in [5, 5.41) is 7.24. The second-order valence-corrected chi connectivity index (χ2v) is 6.12. The number of nitrogens with one attached hydrogen (secondary N) is 1. The third-order valence-electron chi connectivity index (χ3n) is 3.71. The summed E-state index contributed by atoms with van der Waals surface area (Å²) in [7, 11) is 0. The first-order chi connectivity index (χ1) is 9.83. The average molecular weight is 282 g/mol. The molecule has 0 aromatic carbocycles. The molecule has 5 heteroatoms. The van der Waals surface area contributed by atoms with Crippen LogP contribution in [0.3, 0.4) is 0 Å². The minimum absolute atomic E-state index is 0.507.